The predicted molar refractivity (Wildman–Crippen MR) is 113 cm³/mol. The Morgan fingerprint density at radius 2 is 1.97 bits per heavy atom. The van der Waals surface area contributed by atoms with Crippen LogP contribution in [-0.2, 0) is 11.3 Å². The van der Waals surface area contributed by atoms with Gasteiger partial charge in [-0.15, -0.1) is 0 Å². The fourth-order valence-corrected chi connectivity index (χ4v) is 3.39. The first-order chi connectivity index (χ1) is 14.6. The van der Waals surface area contributed by atoms with Gasteiger partial charge >= 0.3 is 0 Å². The van der Waals surface area contributed by atoms with E-state index in [1.807, 2.05) is 24.3 Å². The van der Waals surface area contributed by atoms with Crippen LogP contribution in [0.5, 0.6) is 0 Å². The van der Waals surface area contributed by atoms with Gasteiger partial charge in [0, 0.05) is 30.6 Å². The number of ether oxygens (including phenoxy) is 1. The number of carbonyl (C=O) groups is 1. The van der Waals surface area contributed by atoms with Crippen molar-refractivity contribution in [3.63, 3.8) is 0 Å². The first-order valence-corrected chi connectivity index (χ1v) is 9.96. The van der Waals surface area contributed by atoms with Crippen molar-refractivity contribution >= 4 is 17.5 Å². The Kier molecular flexibility index (Phi) is 5.99. The average Bonchev–Trinajstić information content (AvgIpc) is 2.74. The molecule has 2 aromatic carbocycles. The standard InChI is InChI=1S/C23H23FN4O2/c1-15-18-7-8-19(21(15)24)22(29)25-10-2-3-12-30-14-16-5-4-6-17(13-16)27-23-26-11-9-20(18)28-23/h4-9,11,13H,2-3,10,12,14H2,1H3,(H,25,29)(H,26,27,28). The van der Waals surface area contributed by atoms with Crippen LogP contribution in [0.1, 0.15) is 34.3 Å². The molecule has 7 heteroatoms. The lowest BCUT2D eigenvalue weighted by Gasteiger charge is -2.12. The summed E-state index contributed by atoms with van der Waals surface area (Å²) in [7, 11) is 0. The van der Waals surface area contributed by atoms with E-state index in [9.17, 15) is 9.18 Å². The van der Waals surface area contributed by atoms with Gasteiger partial charge in [-0.2, -0.15) is 0 Å². The molecule has 6 bridgehead atoms. The predicted octanol–water partition coefficient (Wildman–Crippen LogP) is 4.37. The van der Waals surface area contributed by atoms with Gasteiger partial charge in [-0.1, -0.05) is 18.2 Å². The Morgan fingerprint density at radius 1 is 1.10 bits per heavy atom. The third-order valence-corrected chi connectivity index (χ3v) is 5.02. The molecule has 2 aliphatic heterocycles. The van der Waals surface area contributed by atoms with Crippen molar-refractivity contribution in [1.29, 1.82) is 0 Å². The van der Waals surface area contributed by atoms with Gasteiger partial charge in [-0.05, 0) is 55.2 Å². The zero-order valence-corrected chi connectivity index (χ0v) is 16.7. The molecule has 1 aromatic heterocycles. The molecule has 3 heterocycles. The summed E-state index contributed by atoms with van der Waals surface area (Å²) in [6.07, 6.45) is 3.18. The van der Waals surface area contributed by atoms with Crippen LogP contribution < -0.4 is 10.6 Å². The summed E-state index contributed by atoms with van der Waals surface area (Å²) in [5.74, 6) is -0.542. The number of anilines is 2. The van der Waals surface area contributed by atoms with Crippen molar-refractivity contribution in [2.45, 2.75) is 26.4 Å². The molecule has 0 saturated carbocycles. The van der Waals surface area contributed by atoms with Crippen molar-refractivity contribution in [1.82, 2.24) is 15.3 Å². The van der Waals surface area contributed by atoms with Gasteiger partial charge in [-0.3, -0.25) is 4.79 Å². The van der Waals surface area contributed by atoms with Gasteiger partial charge in [0.1, 0.15) is 5.82 Å². The molecule has 2 aliphatic rings. The van der Waals surface area contributed by atoms with Crippen LogP contribution in [0.25, 0.3) is 11.3 Å². The molecule has 0 aliphatic carbocycles. The number of rotatable bonds is 0. The van der Waals surface area contributed by atoms with Crippen molar-refractivity contribution < 1.29 is 13.9 Å². The quantitative estimate of drug-likeness (QED) is 0.580. The van der Waals surface area contributed by atoms with E-state index in [0.717, 1.165) is 24.1 Å². The SMILES string of the molecule is Cc1c2ccc(c1F)C(=O)NCCCCOCc1cccc(c1)Nc1nccc-2n1. The van der Waals surface area contributed by atoms with E-state index < -0.39 is 11.7 Å². The van der Waals surface area contributed by atoms with Crippen molar-refractivity contribution in [2.75, 3.05) is 18.5 Å². The number of aromatic nitrogens is 2. The lowest BCUT2D eigenvalue weighted by molar-refractivity contribution is 0.0942. The van der Waals surface area contributed by atoms with Crippen LogP contribution in [0.3, 0.4) is 0 Å². The van der Waals surface area contributed by atoms with Crippen LogP contribution in [0, 0.1) is 12.7 Å². The first-order valence-electron chi connectivity index (χ1n) is 9.96. The summed E-state index contributed by atoms with van der Waals surface area (Å²) in [5.41, 5.74) is 3.49. The molecule has 0 spiro atoms. The molecule has 0 unspecified atom stereocenters. The lowest BCUT2D eigenvalue weighted by atomic mass is 10.0. The van der Waals surface area contributed by atoms with E-state index in [1.165, 1.54) is 6.07 Å². The minimum atomic E-state index is -0.535. The highest BCUT2D eigenvalue weighted by molar-refractivity contribution is 5.95. The van der Waals surface area contributed by atoms with Gasteiger partial charge in [0.05, 0.1) is 17.9 Å². The Balaban J connectivity index is 1.71. The van der Waals surface area contributed by atoms with Gasteiger partial charge in [-0.25, -0.2) is 14.4 Å². The van der Waals surface area contributed by atoms with E-state index >= 15 is 0 Å². The van der Waals surface area contributed by atoms with Crippen molar-refractivity contribution in [2.24, 2.45) is 0 Å². The molecule has 30 heavy (non-hydrogen) atoms. The monoisotopic (exact) mass is 406 g/mol. The van der Waals surface area contributed by atoms with Gasteiger partial charge in [0.15, 0.2) is 0 Å². The number of nitrogens with one attached hydrogen (secondary N) is 2. The number of carbonyl (C=O) groups excluding carboxylic acids is 1. The van der Waals surface area contributed by atoms with Crippen molar-refractivity contribution in [3.05, 3.63) is 71.2 Å². The fraction of sp³-hybridized carbons (Fsp3) is 0.261. The largest absolute Gasteiger partial charge is 0.377 e. The smallest absolute Gasteiger partial charge is 0.254 e. The number of fused-ring (bicyclic) bond motifs is 9. The van der Waals surface area contributed by atoms with E-state index in [2.05, 4.69) is 20.6 Å². The molecule has 154 valence electrons. The molecule has 0 fully saturated rings. The van der Waals surface area contributed by atoms with E-state index in [1.54, 1.807) is 25.3 Å². The average molecular weight is 406 g/mol. The second kappa shape index (κ2) is 9.00. The normalized spacial score (nSPS) is 14.8. The fourth-order valence-electron chi connectivity index (χ4n) is 3.39. The van der Waals surface area contributed by atoms with E-state index in [4.69, 9.17) is 4.74 Å². The highest BCUT2D eigenvalue weighted by Crippen LogP contribution is 2.27. The maximum Gasteiger partial charge on any atom is 0.254 e. The number of hydrogen-bond acceptors (Lipinski definition) is 5. The van der Waals surface area contributed by atoms with Crippen LogP contribution >= 0.6 is 0 Å². The summed E-state index contributed by atoms with van der Waals surface area (Å²) < 4.78 is 20.7. The van der Waals surface area contributed by atoms with E-state index in [-0.39, 0.29) is 5.56 Å². The molecular weight excluding hydrogens is 383 g/mol. The number of hydrogen-bond donors (Lipinski definition) is 2. The van der Waals surface area contributed by atoms with Crippen LogP contribution in [-0.4, -0.2) is 29.0 Å². The lowest BCUT2D eigenvalue weighted by Crippen LogP contribution is -2.26. The maximum absolute atomic E-state index is 14.9. The number of amides is 1. The molecule has 5 rings (SSSR count). The summed E-state index contributed by atoms with van der Waals surface area (Å²) in [4.78, 5) is 21.2. The Labute approximate surface area is 174 Å². The third kappa shape index (κ3) is 4.46. The topological polar surface area (TPSA) is 76.1 Å². The van der Waals surface area contributed by atoms with Gasteiger partial charge < -0.3 is 15.4 Å². The molecular formula is C23H23FN4O2. The summed E-state index contributed by atoms with van der Waals surface area (Å²) in [6.45, 7) is 3.20. The maximum atomic E-state index is 14.9. The van der Waals surface area contributed by atoms with Crippen molar-refractivity contribution in [3.8, 4) is 11.3 Å². The highest BCUT2D eigenvalue weighted by Gasteiger charge is 2.17. The molecule has 3 aromatic rings. The second-order valence-corrected chi connectivity index (χ2v) is 7.21. The summed E-state index contributed by atoms with van der Waals surface area (Å²) in [5, 5.41) is 5.98. The van der Waals surface area contributed by atoms with E-state index in [0.29, 0.717) is 42.5 Å². The third-order valence-electron chi connectivity index (χ3n) is 5.02. The number of halogens is 1. The summed E-state index contributed by atoms with van der Waals surface area (Å²) in [6, 6.07) is 12.8. The first kappa shape index (κ1) is 20.0. The minimum Gasteiger partial charge on any atom is -0.377 e. The molecule has 1 amide bonds. The summed E-state index contributed by atoms with van der Waals surface area (Å²) >= 11 is 0. The Morgan fingerprint density at radius 3 is 2.87 bits per heavy atom. The molecule has 0 radical (unpaired) electrons. The minimum absolute atomic E-state index is 0.0360. The second-order valence-electron chi connectivity index (χ2n) is 7.21. The molecule has 6 nitrogen and oxygen atoms in total. The zero-order valence-electron chi connectivity index (χ0n) is 16.7. The van der Waals surface area contributed by atoms with Crippen LogP contribution in [0.2, 0.25) is 0 Å². The zero-order chi connectivity index (χ0) is 20.9. The van der Waals surface area contributed by atoms with Crippen LogP contribution in [0.4, 0.5) is 16.0 Å². The Hall–Kier alpha value is -3.32. The molecule has 0 saturated heterocycles. The van der Waals surface area contributed by atoms with Gasteiger partial charge in [0.2, 0.25) is 5.95 Å². The number of nitrogens with zero attached hydrogens (tertiary/aromatic N) is 2. The van der Waals surface area contributed by atoms with Gasteiger partial charge in [0.25, 0.3) is 5.91 Å². The van der Waals surface area contributed by atoms with Crippen LogP contribution in [0.15, 0.2) is 48.7 Å². The molecule has 2 N–H and O–H groups in total. The Bertz CT molecular complexity index is 1070. The number of benzene rings is 2. The highest BCUT2D eigenvalue weighted by atomic mass is 19.1. The molecule has 0 atom stereocenters.